The van der Waals surface area contributed by atoms with Crippen molar-refractivity contribution in [1.29, 1.82) is 0 Å². The van der Waals surface area contributed by atoms with Crippen LogP contribution in [0.4, 0.5) is 0 Å². The Morgan fingerprint density at radius 3 is 1.71 bits per heavy atom. The number of carbonyl (C=O) groups excluding carboxylic acids is 3. The summed E-state index contributed by atoms with van der Waals surface area (Å²) in [4.78, 5) is 29.6. The van der Waals surface area contributed by atoms with Crippen LogP contribution >= 0.6 is 0 Å². The van der Waals surface area contributed by atoms with E-state index in [1.54, 1.807) is 21.3 Å². The molecule has 0 aliphatic heterocycles. The molecular weight excluding hydrogens is 616 g/mol. The van der Waals surface area contributed by atoms with Gasteiger partial charge in [0.15, 0.2) is 0 Å². The van der Waals surface area contributed by atoms with Crippen molar-refractivity contribution >= 4 is 18.9 Å². The molecule has 2 aliphatic carbocycles. The van der Waals surface area contributed by atoms with Gasteiger partial charge in [0.05, 0.1) is 20.8 Å². The van der Waals surface area contributed by atoms with Gasteiger partial charge in [0.25, 0.3) is 0 Å². The quantitative estimate of drug-likeness (QED) is 0.0991. The number of hydrogen-bond donors (Lipinski definition) is 0. The molecule has 0 N–H and O–H groups in total. The lowest BCUT2D eigenvalue weighted by Gasteiger charge is -2.29. The number of carbonyl (C=O) groups is 3. The van der Waals surface area contributed by atoms with Gasteiger partial charge in [-0.25, -0.2) is 0 Å². The Labute approximate surface area is 297 Å². The fourth-order valence-corrected chi connectivity index (χ4v) is 6.33. The van der Waals surface area contributed by atoms with Gasteiger partial charge in [0.1, 0.15) is 36.1 Å². The predicted molar refractivity (Wildman–Crippen MR) is 200 cm³/mol. The Hall–Kier alpha value is -3.45. The molecule has 0 atom stereocenters. The molecule has 7 heteroatoms. The van der Waals surface area contributed by atoms with E-state index in [0.29, 0.717) is 6.29 Å². The minimum atomic E-state index is 0.233. The van der Waals surface area contributed by atoms with E-state index in [2.05, 4.69) is 38.6 Å². The first kappa shape index (κ1) is 43.6. The number of aldehydes is 3. The van der Waals surface area contributed by atoms with Crippen LogP contribution in [0.1, 0.15) is 114 Å². The summed E-state index contributed by atoms with van der Waals surface area (Å²) in [6, 6.07) is 14.4. The van der Waals surface area contributed by atoms with Gasteiger partial charge in [0.2, 0.25) is 0 Å². The number of hydrogen-bond acceptors (Lipinski definition) is 7. The Bertz CT molecular complexity index is 1110. The van der Waals surface area contributed by atoms with E-state index in [9.17, 15) is 9.59 Å². The third kappa shape index (κ3) is 19.4. The molecule has 0 saturated heterocycles. The molecule has 2 fully saturated rings. The smallest absolute Gasteiger partial charge is 0.142 e. The molecule has 0 bridgehead atoms. The average molecular weight is 681 g/mol. The lowest BCUT2D eigenvalue weighted by atomic mass is 9.77. The molecule has 2 aromatic carbocycles. The second-order valence-corrected chi connectivity index (χ2v) is 13.0. The van der Waals surface area contributed by atoms with Crippen LogP contribution in [0.3, 0.4) is 0 Å². The Morgan fingerprint density at radius 1 is 0.714 bits per heavy atom. The standard InChI is InChI=1S/C17H26O.C14H22O3.C8H12O2.C3H4O/c1-4-5-14-6-8-15(9-7-14)16-10-11-17(18-3)13(2)12-16;1-15-11-5-3-4-6-12-17-14-9-7-13(16-2)8-10-14;9-5-7-1-2-8(6-10)4-3-7;1-2-3-4/h10-12,14-15H,4-9H2,1-3H3;7-10H,3-6,11-12H2,1-2H3;5-8H,1-4H2;2-3H,1H2. The van der Waals surface area contributed by atoms with E-state index >= 15 is 0 Å². The van der Waals surface area contributed by atoms with Gasteiger partial charge >= 0.3 is 0 Å². The molecule has 0 spiro atoms. The summed E-state index contributed by atoms with van der Waals surface area (Å²) in [5, 5.41) is 0. The zero-order chi connectivity index (χ0) is 36.1. The second kappa shape index (κ2) is 28.4. The Morgan fingerprint density at radius 2 is 1.27 bits per heavy atom. The third-order valence-electron chi connectivity index (χ3n) is 9.30. The molecule has 2 aliphatic rings. The molecule has 0 heterocycles. The molecule has 2 aromatic rings. The van der Waals surface area contributed by atoms with Gasteiger partial charge in [-0.15, -0.1) is 0 Å². The number of unbranched alkanes of at least 4 members (excludes halogenated alkanes) is 3. The molecule has 4 rings (SSSR count). The third-order valence-corrected chi connectivity index (χ3v) is 9.30. The van der Waals surface area contributed by atoms with Crippen molar-refractivity contribution < 1.29 is 33.3 Å². The molecule has 0 amide bonds. The average Bonchev–Trinajstić information content (AvgIpc) is 3.15. The van der Waals surface area contributed by atoms with E-state index in [0.717, 1.165) is 93.4 Å². The highest BCUT2D eigenvalue weighted by atomic mass is 16.5. The Kier molecular flexibility index (Phi) is 25.2. The zero-order valence-electron chi connectivity index (χ0n) is 31.0. The van der Waals surface area contributed by atoms with Crippen LogP contribution in [0, 0.1) is 24.7 Å². The van der Waals surface area contributed by atoms with E-state index in [-0.39, 0.29) is 11.8 Å². The fourth-order valence-electron chi connectivity index (χ4n) is 6.33. The zero-order valence-corrected chi connectivity index (χ0v) is 31.0. The van der Waals surface area contributed by atoms with E-state index in [1.165, 1.54) is 68.6 Å². The summed E-state index contributed by atoms with van der Waals surface area (Å²) in [6.45, 7) is 9.20. The number of rotatable bonds is 16. The Balaban J connectivity index is 0.000000359. The number of benzene rings is 2. The first-order valence-corrected chi connectivity index (χ1v) is 18.3. The highest BCUT2D eigenvalue weighted by Crippen LogP contribution is 2.38. The minimum Gasteiger partial charge on any atom is -0.497 e. The second-order valence-electron chi connectivity index (χ2n) is 13.0. The van der Waals surface area contributed by atoms with Gasteiger partial charge in [-0.1, -0.05) is 44.9 Å². The van der Waals surface area contributed by atoms with E-state index in [4.69, 9.17) is 23.7 Å². The van der Waals surface area contributed by atoms with Gasteiger partial charge < -0.3 is 28.5 Å². The van der Waals surface area contributed by atoms with Crippen molar-refractivity contribution in [2.45, 2.75) is 110 Å². The van der Waals surface area contributed by atoms with E-state index in [1.807, 2.05) is 24.3 Å². The number of aryl methyl sites for hydroxylation is 1. The first-order valence-electron chi connectivity index (χ1n) is 18.3. The maximum Gasteiger partial charge on any atom is 0.142 e. The van der Waals surface area contributed by atoms with Crippen LogP contribution in [0.15, 0.2) is 55.1 Å². The van der Waals surface area contributed by atoms with Crippen LogP contribution in [-0.4, -0.2) is 53.4 Å². The summed E-state index contributed by atoms with van der Waals surface area (Å²) in [6.07, 6.45) is 20.5. The molecule has 7 nitrogen and oxygen atoms in total. The normalized spacial score (nSPS) is 19.5. The number of methoxy groups -OCH3 is 3. The number of allylic oxidation sites excluding steroid dienone is 1. The molecule has 0 radical (unpaired) electrons. The number of ether oxygens (including phenoxy) is 4. The summed E-state index contributed by atoms with van der Waals surface area (Å²) < 4.78 is 21.0. The minimum absolute atomic E-state index is 0.233. The van der Waals surface area contributed by atoms with Crippen molar-refractivity contribution in [3.05, 3.63) is 66.2 Å². The highest BCUT2D eigenvalue weighted by molar-refractivity contribution is 5.63. The van der Waals surface area contributed by atoms with Gasteiger partial charge in [-0.2, -0.15) is 0 Å². The summed E-state index contributed by atoms with van der Waals surface area (Å²) in [5.41, 5.74) is 2.79. The molecule has 0 aromatic heterocycles. The monoisotopic (exact) mass is 680 g/mol. The largest absolute Gasteiger partial charge is 0.497 e. The van der Waals surface area contributed by atoms with Crippen LogP contribution < -0.4 is 14.2 Å². The van der Waals surface area contributed by atoms with Crippen molar-refractivity contribution in [2.24, 2.45) is 17.8 Å². The molecule has 49 heavy (non-hydrogen) atoms. The summed E-state index contributed by atoms with van der Waals surface area (Å²) in [7, 11) is 5.15. The lowest BCUT2D eigenvalue weighted by molar-refractivity contribution is -0.115. The van der Waals surface area contributed by atoms with Gasteiger partial charge in [-0.3, -0.25) is 4.79 Å². The van der Waals surface area contributed by atoms with Crippen molar-refractivity contribution in [2.75, 3.05) is 34.5 Å². The maximum absolute atomic E-state index is 10.3. The summed E-state index contributed by atoms with van der Waals surface area (Å²) >= 11 is 0. The van der Waals surface area contributed by atoms with Crippen LogP contribution in [0.2, 0.25) is 0 Å². The molecule has 2 saturated carbocycles. The van der Waals surface area contributed by atoms with Crippen LogP contribution in [-0.2, 0) is 19.1 Å². The molecular formula is C42H64O7. The van der Waals surface area contributed by atoms with Crippen molar-refractivity contribution in [3.8, 4) is 17.2 Å². The lowest BCUT2D eigenvalue weighted by Crippen LogP contribution is -2.15. The maximum atomic E-state index is 10.3. The summed E-state index contributed by atoms with van der Waals surface area (Å²) in [5.74, 6) is 5.01. The van der Waals surface area contributed by atoms with Crippen LogP contribution in [0.25, 0.3) is 0 Å². The van der Waals surface area contributed by atoms with Crippen molar-refractivity contribution in [1.82, 2.24) is 0 Å². The molecule has 274 valence electrons. The molecule has 0 unspecified atom stereocenters. The van der Waals surface area contributed by atoms with Gasteiger partial charge in [-0.05, 0) is 137 Å². The van der Waals surface area contributed by atoms with E-state index < -0.39 is 0 Å². The first-order chi connectivity index (χ1) is 23.9. The SMILES string of the molecule is C=CC=O.CCCC1CCC(c2ccc(OC)c(C)c2)CC1.COCCCCCCOc1ccc(OC)cc1.O=CC1CCC(C=O)CC1. The van der Waals surface area contributed by atoms with Crippen LogP contribution in [0.5, 0.6) is 17.2 Å². The highest BCUT2D eigenvalue weighted by Gasteiger charge is 2.22. The fraction of sp³-hybridized carbons (Fsp3) is 0.595. The van der Waals surface area contributed by atoms with Crippen molar-refractivity contribution in [3.63, 3.8) is 0 Å². The predicted octanol–water partition coefficient (Wildman–Crippen LogP) is 9.92. The van der Waals surface area contributed by atoms with Gasteiger partial charge in [0, 0.05) is 25.6 Å². The topological polar surface area (TPSA) is 88.1 Å².